The fraction of sp³-hybridized carbons (Fsp3) is 0.417. The molecule has 9 nitrogen and oxygen atoms in total. The third-order valence-electron chi connectivity index (χ3n) is 6.18. The molecule has 1 aromatic carbocycles. The maximum absolute atomic E-state index is 13.1. The largest absolute Gasteiger partial charge is 0.424 e. The van der Waals surface area contributed by atoms with E-state index in [1.54, 1.807) is 30.6 Å². The minimum atomic E-state index is -3.67. The summed E-state index contributed by atoms with van der Waals surface area (Å²) in [6.07, 6.45) is 6.43. The first-order valence-corrected chi connectivity index (χ1v) is 12.9. The first kappa shape index (κ1) is 22.7. The molecule has 34 heavy (non-hydrogen) atoms. The molecular formula is C24H28N6O3S. The number of nitrogens with one attached hydrogen (secondary N) is 2. The van der Waals surface area contributed by atoms with E-state index in [1.807, 2.05) is 32.9 Å². The van der Waals surface area contributed by atoms with Gasteiger partial charge in [-0.2, -0.15) is 0 Å². The third-order valence-corrected chi connectivity index (χ3v) is 7.70. The van der Waals surface area contributed by atoms with E-state index >= 15 is 0 Å². The number of hydrogen-bond donors (Lipinski definition) is 2. The molecule has 0 amide bonds. The lowest BCUT2D eigenvalue weighted by molar-refractivity contribution is 0.304. The molecule has 10 heteroatoms. The number of imidazole rings is 1. The molecule has 2 N–H and O–H groups in total. The van der Waals surface area contributed by atoms with Crippen molar-refractivity contribution in [3.8, 4) is 11.4 Å². The van der Waals surface area contributed by atoms with Gasteiger partial charge >= 0.3 is 0 Å². The molecule has 1 saturated carbocycles. The number of hydrogen-bond acceptors (Lipinski definition) is 7. The number of H-pyrrole nitrogens is 1. The number of fused-ring (bicyclic) bond motifs is 1. The fourth-order valence-electron chi connectivity index (χ4n) is 4.24. The summed E-state index contributed by atoms with van der Waals surface area (Å²) in [6, 6.07) is 8.56. The van der Waals surface area contributed by atoms with Crippen molar-refractivity contribution in [2.24, 2.45) is 0 Å². The van der Waals surface area contributed by atoms with Gasteiger partial charge in [0, 0.05) is 35.3 Å². The van der Waals surface area contributed by atoms with Crippen molar-refractivity contribution >= 4 is 21.1 Å². The second-order valence-electron chi connectivity index (χ2n) is 9.87. The van der Waals surface area contributed by atoms with Crippen molar-refractivity contribution in [3.63, 3.8) is 0 Å². The second-order valence-corrected chi connectivity index (χ2v) is 11.6. The normalized spacial score (nSPS) is 19.5. The minimum absolute atomic E-state index is 0.132. The van der Waals surface area contributed by atoms with E-state index in [9.17, 15) is 8.42 Å². The predicted molar refractivity (Wildman–Crippen MR) is 128 cm³/mol. The Hall–Kier alpha value is -3.11. The van der Waals surface area contributed by atoms with Crippen LogP contribution in [0.4, 0.5) is 0 Å². The molecule has 0 aliphatic heterocycles. The average molecular weight is 481 g/mol. The summed E-state index contributed by atoms with van der Waals surface area (Å²) >= 11 is 0. The Balaban J connectivity index is 1.26. The van der Waals surface area contributed by atoms with Crippen LogP contribution in [0.2, 0.25) is 0 Å². The molecule has 0 bridgehead atoms. The maximum atomic E-state index is 13.1. The van der Waals surface area contributed by atoms with Crippen LogP contribution in [0, 0.1) is 0 Å². The highest BCUT2D eigenvalue weighted by atomic mass is 32.2. The Kier molecular flexibility index (Phi) is 5.73. The molecule has 1 aliphatic rings. The van der Waals surface area contributed by atoms with Gasteiger partial charge in [0.1, 0.15) is 5.82 Å². The Morgan fingerprint density at radius 3 is 2.56 bits per heavy atom. The topological polar surface area (TPSA) is 127 Å². The van der Waals surface area contributed by atoms with Crippen LogP contribution in [0.1, 0.15) is 64.2 Å². The molecule has 5 rings (SSSR count). The lowest BCUT2D eigenvalue weighted by atomic mass is 9.86. The Morgan fingerprint density at radius 1 is 1.09 bits per heavy atom. The van der Waals surface area contributed by atoms with Crippen molar-refractivity contribution < 1.29 is 12.8 Å². The van der Waals surface area contributed by atoms with Crippen LogP contribution in [0.25, 0.3) is 22.4 Å². The Labute approximate surface area is 198 Å². The summed E-state index contributed by atoms with van der Waals surface area (Å²) in [5.74, 6) is 2.10. The average Bonchev–Trinajstić information content (AvgIpc) is 3.47. The Morgan fingerprint density at radius 2 is 1.88 bits per heavy atom. The first-order valence-electron chi connectivity index (χ1n) is 11.5. The Bertz CT molecular complexity index is 1400. The molecule has 3 aromatic heterocycles. The van der Waals surface area contributed by atoms with Gasteiger partial charge in [0.05, 0.1) is 15.9 Å². The first-order chi connectivity index (χ1) is 16.2. The molecule has 0 saturated heterocycles. The van der Waals surface area contributed by atoms with Gasteiger partial charge in [-0.3, -0.25) is 4.98 Å². The van der Waals surface area contributed by atoms with Gasteiger partial charge < -0.3 is 9.40 Å². The number of aromatic nitrogens is 5. The van der Waals surface area contributed by atoms with Gasteiger partial charge in [0.2, 0.25) is 21.8 Å². The number of pyridine rings is 1. The molecule has 0 atom stereocenters. The van der Waals surface area contributed by atoms with Gasteiger partial charge in [0.15, 0.2) is 0 Å². The van der Waals surface area contributed by atoms with E-state index in [1.165, 1.54) is 0 Å². The molecule has 0 radical (unpaired) electrons. The van der Waals surface area contributed by atoms with Crippen molar-refractivity contribution in [3.05, 3.63) is 54.5 Å². The minimum Gasteiger partial charge on any atom is -0.424 e. The van der Waals surface area contributed by atoms with Crippen LogP contribution < -0.4 is 4.72 Å². The van der Waals surface area contributed by atoms with E-state index in [0.29, 0.717) is 36.0 Å². The quantitative estimate of drug-likeness (QED) is 0.436. The number of rotatable bonds is 5. The third kappa shape index (κ3) is 4.60. The van der Waals surface area contributed by atoms with E-state index in [0.717, 1.165) is 23.9 Å². The number of nitrogens with zero attached hydrogens (tertiary/aromatic N) is 4. The van der Waals surface area contributed by atoms with Gasteiger partial charge in [-0.15, -0.1) is 10.2 Å². The molecule has 4 aromatic rings. The smallest absolute Gasteiger partial charge is 0.240 e. The van der Waals surface area contributed by atoms with Crippen LogP contribution in [-0.4, -0.2) is 39.6 Å². The number of benzene rings is 1. The van der Waals surface area contributed by atoms with Gasteiger partial charge in [-0.1, -0.05) is 20.8 Å². The molecule has 178 valence electrons. The number of sulfonamides is 1. The van der Waals surface area contributed by atoms with E-state index in [2.05, 4.69) is 29.9 Å². The second kappa shape index (κ2) is 8.59. The van der Waals surface area contributed by atoms with Gasteiger partial charge in [0.25, 0.3) is 0 Å². The highest BCUT2D eigenvalue weighted by molar-refractivity contribution is 7.89. The fourth-order valence-corrected chi connectivity index (χ4v) is 5.57. The molecule has 1 fully saturated rings. The van der Waals surface area contributed by atoms with Crippen LogP contribution in [0.15, 0.2) is 52.0 Å². The summed E-state index contributed by atoms with van der Waals surface area (Å²) in [4.78, 5) is 12.1. The predicted octanol–water partition coefficient (Wildman–Crippen LogP) is 4.31. The van der Waals surface area contributed by atoms with Crippen LogP contribution in [-0.2, 0) is 15.4 Å². The van der Waals surface area contributed by atoms with Crippen molar-refractivity contribution in [1.82, 2.24) is 29.9 Å². The highest BCUT2D eigenvalue weighted by Gasteiger charge is 2.31. The highest BCUT2D eigenvalue weighted by Crippen LogP contribution is 2.34. The van der Waals surface area contributed by atoms with Crippen molar-refractivity contribution in [1.29, 1.82) is 0 Å². The maximum Gasteiger partial charge on any atom is 0.240 e. The van der Waals surface area contributed by atoms with Crippen molar-refractivity contribution in [2.45, 2.75) is 68.7 Å². The molecule has 1 aliphatic carbocycles. The lowest BCUT2D eigenvalue weighted by Crippen LogP contribution is -2.37. The summed E-state index contributed by atoms with van der Waals surface area (Å²) in [5, 5.41) is 8.42. The summed E-state index contributed by atoms with van der Waals surface area (Å²) in [7, 11) is -3.67. The zero-order chi connectivity index (χ0) is 23.9. The zero-order valence-electron chi connectivity index (χ0n) is 19.4. The van der Waals surface area contributed by atoms with E-state index in [-0.39, 0.29) is 22.3 Å². The summed E-state index contributed by atoms with van der Waals surface area (Å²) in [6.45, 7) is 6.11. The molecule has 0 spiro atoms. The summed E-state index contributed by atoms with van der Waals surface area (Å²) in [5.41, 5.74) is 2.02. The van der Waals surface area contributed by atoms with Crippen LogP contribution in [0.3, 0.4) is 0 Å². The van der Waals surface area contributed by atoms with Crippen LogP contribution in [0.5, 0.6) is 0 Å². The standard InChI is InChI=1S/C24H28N6O3S/c1-24(2,3)23-29-28-22(33-23)15-6-8-17(9-7-15)30-34(31,32)18-10-11-19-20(13-18)27-21(26-19)16-5-4-12-25-14-16/h4-5,10-15,17,30H,6-9H2,1-3H3,(H,26,27)/t15-,17-. The van der Waals surface area contributed by atoms with E-state index in [4.69, 9.17) is 4.42 Å². The number of aromatic amines is 1. The SMILES string of the molecule is CC(C)(C)c1nnc([C@H]2CC[C@H](NS(=O)(=O)c3ccc4[nH]c(-c5cccnc5)nc4c3)CC2)o1. The molecule has 3 heterocycles. The van der Waals surface area contributed by atoms with E-state index < -0.39 is 10.0 Å². The molecule has 0 unspecified atom stereocenters. The van der Waals surface area contributed by atoms with Gasteiger partial charge in [-0.25, -0.2) is 18.1 Å². The zero-order valence-corrected chi connectivity index (χ0v) is 20.3. The van der Waals surface area contributed by atoms with Gasteiger partial charge in [-0.05, 0) is 56.0 Å². The monoisotopic (exact) mass is 480 g/mol. The summed E-state index contributed by atoms with van der Waals surface area (Å²) < 4.78 is 34.9. The van der Waals surface area contributed by atoms with Crippen molar-refractivity contribution in [2.75, 3.05) is 0 Å². The molecular weight excluding hydrogens is 452 g/mol. The van der Waals surface area contributed by atoms with Crippen LogP contribution >= 0.6 is 0 Å². The lowest BCUT2D eigenvalue weighted by Gasteiger charge is -2.27.